The molecule has 0 saturated carbocycles. The predicted molar refractivity (Wildman–Crippen MR) is 68.8 cm³/mol. The van der Waals surface area contributed by atoms with Gasteiger partial charge in [0, 0.05) is 20.1 Å². The molecule has 0 spiro atoms. The average Bonchev–Trinajstić information content (AvgIpc) is 2.33. The van der Waals surface area contributed by atoms with E-state index in [9.17, 15) is 9.59 Å². The van der Waals surface area contributed by atoms with Crippen LogP contribution in [0.3, 0.4) is 0 Å². The first-order valence-corrected chi connectivity index (χ1v) is 5.62. The second kappa shape index (κ2) is 4.25. The molecule has 18 heavy (non-hydrogen) atoms. The molecule has 0 atom stereocenters. The number of aromatic nitrogens is 4. The molecular weight excluding hydrogens is 234 g/mol. The summed E-state index contributed by atoms with van der Waals surface area (Å²) in [5.74, 6) is 0.522. The molecule has 0 fully saturated rings. The van der Waals surface area contributed by atoms with Crippen LogP contribution >= 0.6 is 0 Å². The van der Waals surface area contributed by atoms with E-state index in [4.69, 9.17) is 0 Å². The highest BCUT2D eigenvalue weighted by atomic mass is 16.2. The van der Waals surface area contributed by atoms with Crippen LogP contribution in [0.5, 0.6) is 0 Å². The third-order valence-corrected chi connectivity index (χ3v) is 2.64. The zero-order valence-electron chi connectivity index (χ0n) is 10.8. The van der Waals surface area contributed by atoms with E-state index in [1.165, 1.54) is 11.6 Å². The first-order chi connectivity index (χ1) is 8.41. The van der Waals surface area contributed by atoms with Gasteiger partial charge < -0.3 is 5.32 Å². The van der Waals surface area contributed by atoms with Gasteiger partial charge in [-0.05, 0) is 19.9 Å². The topological polar surface area (TPSA) is 81.8 Å². The number of nitrogens with one attached hydrogen (secondary N) is 1. The van der Waals surface area contributed by atoms with Crippen LogP contribution in [0.15, 0.2) is 15.7 Å². The Morgan fingerprint density at radius 2 is 1.83 bits per heavy atom. The van der Waals surface area contributed by atoms with Crippen molar-refractivity contribution in [1.82, 2.24) is 19.3 Å². The van der Waals surface area contributed by atoms with Crippen LogP contribution in [0.25, 0.3) is 11.0 Å². The van der Waals surface area contributed by atoms with Crippen LogP contribution in [0.4, 0.5) is 5.82 Å². The van der Waals surface area contributed by atoms with Crippen molar-refractivity contribution in [2.75, 3.05) is 5.32 Å². The second-order valence-electron chi connectivity index (χ2n) is 4.47. The quantitative estimate of drug-likeness (QED) is 0.800. The first kappa shape index (κ1) is 12.3. The summed E-state index contributed by atoms with van der Waals surface area (Å²) in [5, 5.41) is 11.3. The molecule has 2 heterocycles. The van der Waals surface area contributed by atoms with Crippen LogP contribution in [0.2, 0.25) is 0 Å². The van der Waals surface area contributed by atoms with Crippen LogP contribution in [-0.4, -0.2) is 25.4 Å². The zero-order valence-corrected chi connectivity index (χ0v) is 10.8. The minimum absolute atomic E-state index is 0.188. The molecule has 96 valence electrons. The molecule has 2 aromatic heterocycles. The van der Waals surface area contributed by atoms with Crippen molar-refractivity contribution in [3.8, 4) is 0 Å². The Kier molecular flexibility index (Phi) is 2.90. The fourth-order valence-electron chi connectivity index (χ4n) is 1.74. The fraction of sp³-hybridized carbons (Fsp3) is 0.455. The van der Waals surface area contributed by atoms with Crippen LogP contribution in [0.1, 0.15) is 13.8 Å². The lowest BCUT2D eigenvalue weighted by atomic mass is 10.3. The molecule has 0 radical (unpaired) electrons. The summed E-state index contributed by atoms with van der Waals surface area (Å²) in [7, 11) is 3.01. The van der Waals surface area contributed by atoms with Gasteiger partial charge in [0.25, 0.3) is 5.56 Å². The Morgan fingerprint density at radius 1 is 1.17 bits per heavy atom. The Morgan fingerprint density at radius 3 is 2.44 bits per heavy atom. The molecule has 0 aliphatic rings. The summed E-state index contributed by atoms with van der Waals surface area (Å²) in [5.41, 5.74) is -0.487. The van der Waals surface area contributed by atoms with E-state index < -0.39 is 5.69 Å². The summed E-state index contributed by atoms with van der Waals surface area (Å²) in [4.78, 5) is 23.7. The maximum atomic E-state index is 12.0. The number of aryl methyl sites for hydroxylation is 1. The lowest BCUT2D eigenvalue weighted by Crippen LogP contribution is -2.37. The van der Waals surface area contributed by atoms with Crippen molar-refractivity contribution in [3.05, 3.63) is 26.9 Å². The number of rotatable bonds is 2. The van der Waals surface area contributed by atoms with Gasteiger partial charge in [-0.1, -0.05) is 0 Å². The number of anilines is 1. The van der Waals surface area contributed by atoms with Crippen LogP contribution in [0, 0.1) is 0 Å². The molecule has 0 bridgehead atoms. The van der Waals surface area contributed by atoms with Crippen molar-refractivity contribution < 1.29 is 0 Å². The van der Waals surface area contributed by atoms with Gasteiger partial charge in [0.1, 0.15) is 5.82 Å². The maximum Gasteiger partial charge on any atom is 0.332 e. The minimum Gasteiger partial charge on any atom is -0.366 e. The molecule has 2 rings (SSSR count). The van der Waals surface area contributed by atoms with Crippen molar-refractivity contribution in [2.24, 2.45) is 14.1 Å². The van der Waals surface area contributed by atoms with Gasteiger partial charge >= 0.3 is 5.69 Å². The molecule has 0 aromatic carbocycles. The lowest BCUT2D eigenvalue weighted by molar-refractivity contribution is 0.702. The maximum absolute atomic E-state index is 12.0. The SMILES string of the molecule is CC(C)Nc1cc2c(=O)n(C)c(=O)n(C)c2nn1. The molecule has 2 aromatic rings. The Balaban J connectivity index is 2.78. The molecule has 0 unspecified atom stereocenters. The average molecular weight is 249 g/mol. The fourth-order valence-corrected chi connectivity index (χ4v) is 1.74. The summed E-state index contributed by atoms with van der Waals surface area (Å²) < 4.78 is 2.37. The highest BCUT2D eigenvalue weighted by Gasteiger charge is 2.11. The molecule has 7 heteroatoms. The standard InChI is InChI=1S/C11H15N5O2/c1-6(2)12-8-5-7-9(14-13-8)15(3)11(18)16(4)10(7)17/h5-6H,1-4H3,(H,12,13). The normalized spacial score (nSPS) is 11.2. The highest BCUT2D eigenvalue weighted by molar-refractivity contribution is 5.76. The van der Waals surface area contributed by atoms with E-state index in [0.717, 1.165) is 4.57 Å². The van der Waals surface area contributed by atoms with Crippen LogP contribution in [-0.2, 0) is 14.1 Å². The van der Waals surface area contributed by atoms with E-state index in [2.05, 4.69) is 15.5 Å². The van der Waals surface area contributed by atoms with E-state index >= 15 is 0 Å². The lowest BCUT2D eigenvalue weighted by Gasteiger charge is -2.10. The molecular formula is C11H15N5O2. The van der Waals surface area contributed by atoms with Crippen molar-refractivity contribution >= 4 is 16.9 Å². The van der Waals surface area contributed by atoms with Crippen molar-refractivity contribution in [1.29, 1.82) is 0 Å². The van der Waals surface area contributed by atoms with Gasteiger partial charge in [0.05, 0.1) is 5.39 Å². The smallest absolute Gasteiger partial charge is 0.332 e. The third-order valence-electron chi connectivity index (χ3n) is 2.64. The van der Waals surface area contributed by atoms with Gasteiger partial charge in [-0.15, -0.1) is 10.2 Å². The molecule has 7 nitrogen and oxygen atoms in total. The van der Waals surface area contributed by atoms with Gasteiger partial charge in [-0.25, -0.2) is 4.79 Å². The number of hydrogen-bond acceptors (Lipinski definition) is 5. The summed E-state index contributed by atoms with van der Waals surface area (Å²) in [6.07, 6.45) is 0. The molecule has 0 amide bonds. The van der Waals surface area contributed by atoms with Gasteiger partial charge in [-0.3, -0.25) is 13.9 Å². The minimum atomic E-state index is -0.411. The Labute approximate surface area is 103 Å². The van der Waals surface area contributed by atoms with Crippen molar-refractivity contribution in [2.45, 2.75) is 19.9 Å². The third kappa shape index (κ3) is 1.87. The molecule has 0 saturated heterocycles. The largest absolute Gasteiger partial charge is 0.366 e. The molecule has 0 aliphatic carbocycles. The van der Waals surface area contributed by atoms with E-state index in [1.54, 1.807) is 13.1 Å². The number of fused-ring (bicyclic) bond motifs is 1. The Bertz CT molecular complexity index is 714. The summed E-state index contributed by atoms with van der Waals surface area (Å²) >= 11 is 0. The van der Waals surface area contributed by atoms with Crippen LogP contribution < -0.4 is 16.6 Å². The van der Waals surface area contributed by atoms with E-state index in [1.807, 2.05) is 13.8 Å². The monoisotopic (exact) mass is 249 g/mol. The number of nitrogens with zero attached hydrogens (tertiary/aromatic N) is 4. The Hall–Kier alpha value is -2.18. The number of hydrogen-bond donors (Lipinski definition) is 1. The molecule has 1 N–H and O–H groups in total. The summed E-state index contributed by atoms with van der Waals surface area (Å²) in [6, 6.07) is 1.80. The zero-order chi connectivity index (χ0) is 13.4. The van der Waals surface area contributed by atoms with Gasteiger partial charge in [0.15, 0.2) is 5.65 Å². The molecule has 0 aliphatic heterocycles. The predicted octanol–water partition coefficient (Wildman–Crippen LogP) is -0.153. The summed E-state index contributed by atoms with van der Waals surface area (Å²) in [6.45, 7) is 3.93. The van der Waals surface area contributed by atoms with Gasteiger partial charge in [-0.2, -0.15) is 0 Å². The second-order valence-corrected chi connectivity index (χ2v) is 4.47. The van der Waals surface area contributed by atoms with Crippen molar-refractivity contribution in [3.63, 3.8) is 0 Å². The van der Waals surface area contributed by atoms with Gasteiger partial charge in [0.2, 0.25) is 0 Å². The van der Waals surface area contributed by atoms with E-state index in [-0.39, 0.29) is 17.2 Å². The highest BCUT2D eigenvalue weighted by Crippen LogP contribution is 2.09. The first-order valence-electron chi connectivity index (χ1n) is 5.62. The van der Waals surface area contributed by atoms with E-state index in [0.29, 0.717) is 11.2 Å².